The number of allylic oxidation sites excluding steroid dienone is 2. The first-order valence-corrected chi connectivity index (χ1v) is 19.4. The minimum atomic E-state index is -0.337. The molecule has 0 spiro atoms. The largest absolute Gasteiger partial charge is 0.512 e. The Morgan fingerprint density at radius 1 is 0.833 bits per heavy atom. The number of furan rings is 2. The summed E-state index contributed by atoms with van der Waals surface area (Å²) >= 11 is 0. The van der Waals surface area contributed by atoms with Gasteiger partial charge in [0.25, 0.3) is 0 Å². The van der Waals surface area contributed by atoms with Crippen LogP contribution >= 0.6 is 0 Å². The molecule has 0 amide bonds. The predicted octanol–water partition coefficient (Wildman–Crippen LogP) is 14.0. The van der Waals surface area contributed by atoms with Gasteiger partial charge in [0.05, 0.1) is 5.56 Å². The number of hydrogen-bond acceptors (Lipinski definition) is 5. The van der Waals surface area contributed by atoms with Crippen LogP contribution in [0.15, 0.2) is 93.8 Å². The normalized spacial score (nSPS) is 12.6. The van der Waals surface area contributed by atoms with Crippen molar-refractivity contribution in [3.05, 3.63) is 102 Å². The van der Waals surface area contributed by atoms with E-state index >= 15 is 0 Å². The molecule has 1 radical (unpaired) electrons. The molecule has 6 rings (SSSR count). The molecule has 0 fully saturated rings. The number of aliphatic hydroxyl groups excluding tert-OH is 1. The molecule has 0 saturated carbocycles. The smallest absolute Gasteiger partial charge is 0.164 e. The van der Waals surface area contributed by atoms with E-state index in [2.05, 4.69) is 95.3 Å². The van der Waals surface area contributed by atoms with Gasteiger partial charge in [-0.05, 0) is 67.2 Å². The molecule has 0 atom stereocenters. The van der Waals surface area contributed by atoms with E-state index in [9.17, 15) is 9.90 Å². The van der Waals surface area contributed by atoms with Crippen LogP contribution in [-0.4, -0.2) is 15.9 Å². The van der Waals surface area contributed by atoms with Gasteiger partial charge in [0.2, 0.25) is 0 Å². The molecule has 0 aliphatic rings. The van der Waals surface area contributed by atoms with E-state index in [1.54, 1.807) is 6.26 Å². The second-order valence-electron chi connectivity index (χ2n) is 16.6. The summed E-state index contributed by atoms with van der Waals surface area (Å²) in [5, 5.41) is 14.5. The zero-order chi connectivity index (χ0) is 38.7. The van der Waals surface area contributed by atoms with Crippen molar-refractivity contribution in [3.63, 3.8) is 0 Å². The van der Waals surface area contributed by atoms with E-state index in [1.807, 2.05) is 53.8 Å². The van der Waals surface area contributed by atoms with Gasteiger partial charge in [-0.1, -0.05) is 117 Å². The maximum atomic E-state index is 12.2. The van der Waals surface area contributed by atoms with Crippen molar-refractivity contribution in [3.8, 4) is 22.6 Å². The fourth-order valence-corrected chi connectivity index (χ4v) is 6.83. The van der Waals surface area contributed by atoms with Crippen molar-refractivity contribution < 1.29 is 38.8 Å². The van der Waals surface area contributed by atoms with Gasteiger partial charge in [-0.2, -0.15) is 0 Å². The Morgan fingerprint density at radius 3 is 2.13 bits per heavy atom. The summed E-state index contributed by atoms with van der Waals surface area (Å²) < 4.78 is 12.3. The predicted molar refractivity (Wildman–Crippen MR) is 221 cm³/mol. The third-order valence-corrected chi connectivity index (χ3v) is 11.4. The molecule has 1 N–H and O–H groups in total. The van der Waals surface area contributed by atoms with E-state index in [1.165, 1.54) is 22.6 Å². The topological polar surface area (TPSA) is 76.5 Å². The Kier molecular flexibility index (Phi) is 13.6. The summed E-state index contributed by atoms with van der Waals surface area (Å²) in [6.45, 7) is 23.3. The van der Waals surface area contributed by atoms with Crippen LogP contribution in [0.25, 0.3) is 55.3 Å². The zero-order valence-corrected chi connectivity index (χ0v) is 36.5. The molecular weight excluding hydrogens is 847 g/mol. The Bertz CT molecular complexity index is 2240. The Labute approximate surface area is 336 Å². The molecule has 0 unspecified atom stereocenters. The molecule has 0 bridgehead atoms. The molecule has 289 valence electrons. The Morgan fingerprint density at radius 2 is 1.50 bits per heavy atom. The van der Waals surface area contributed by atoms with E-state index in [0.717, 1.165) is 82.0 Å². The van der Waals surface area contributed by atoms with Gasteiger partial charge >= 0.3 is 0 Å². The number of fused-ring (bicyclic) bond motifs is 3. The maximum Gasteiger partial charge on any atom is 0.164 e. The number of nitrogens with zero attached hydrogens (tertiary/aromatic N) is 1. The van der Waals surface area contributed by atoms with E-state index < -0.39 is 0 Å². The van der Waals surface area contributed by atoms with E-state index in [0.29, 0.717) is 5.92 Å². The van der Waals surface area contributed by atoms with Gasteiger partial charge in [0.1, 0.15) is 28.9 Å². The van der Waals surface area contributed by atoms with Gasteiger partial charge < -0.3 is 13.9 Å². The van der Waals surface area contributed by atoms with Crippen LogP contribution in [-0.2, 0) is 36.7 Å². The third-order valence-electron chi connectivity index (χ3n) is 11.4. The first-order chi connectivity index (χ1) is 25.1. The quantitative estimate of drug-likeness (QED) is 0.0796. The number of hydrogen-bond donors (Lipinski definition) is 1. The molecule has 6 aromatic rings. The molecule has 6 heteroatoms. The summed E-state index contributed by atoms with van der Waals surface area (Å²) in [4.78, 5) is 17.0. The Balaban J connectivity index is 0.000000309. The molecule has 0 saturated heterocycles. The second kappa shape index (κ2) is 17.2. The van der Waals surface area contributed by atoms with Crippen LogP contribution in [0.3, 0.4) is 0 Å². The summed E-state index contributed by atoms with van der Waals surface area (Å²) in [5.41, 5.74) is 6.47. The van der Waals surface area contributed by atoms with Gasteiger partial charge in [-0.25, -0.2) is 0 Å². The standard InChI is InChI=1S/C33H30NO2.C15H28O2.Ir/c1-20(2)14-21-10-11-25-27(19-35-30(25)15-21)31-18-26-29(36-31)12-13-34-32(26)23-16-22-8-6-7-9-24(22)28(17-23)33(3,4)5;1-7-14(5,8-2)12(16)11-13(17)15(6,9-3)10-4;/h6-13,15,17-20H,14H2,1-5H3;11,16H,7-10H2,1-6H3;/q-1;;/b;12-11-;. The van der Waals surface area contributed by atoms with Crippen LogP contribution in [0.5, 0.6) is 0 Å². The number of rotatable bonds is 11. The van der Waals surface area contributed by atoms with Crippen LogP contribution in [0.2, 0.25) is 0 Å². The Hall–Kier alpha value is -3.99. The number of aliphatic hydroxyl groups is 1. The third kappa shape index (κ3) is 8.93. The minimum Gasteiger partial charge on any atom is -0.512 e. The van der Waals surface area contributed by atoms with E-state index in [4.69, 9.17) is 13.8 Å². The molecule has 54 heavy (non-hydrogen) atoms. The van der Waals surface area contributed by atoms with Crippen molar-refractivity contribution in [1.82, 2.24) is 4.98 Å². The summed E-state index contributed by atoms with van der Waals surface area (Å²) in [5.74, 6) is 1.67. The van der Waals surface area contributed by atoms with Gasteiger partial charge in [0, 0.05) is 59.7 Å². The number of aromatic nitrogens is 1. The molecule has 0 aliphatic heterocycles. The van der Waals surface area contributed by atoms with Crippen molar-refractivity contribution in [2.75, 3.05) is 0 Å². The van der Waals surface area contributed by atoms with E-state index in [-0.39, 0.29) is 47.9 Å². The summed E-state index contributed by atoms with van der Waals surface area (Å²) in [7, 11) is 0. The van der Waals surface area contributed by atoms with Crippen molar-refractivity contribution in [2.24, 2.45) is 16.7 Å². The van der Waals surface area contributed by atoms with Crippen LogP contribution in [0, 0.1) is 22.8 Å². The molecular formula is C48H58IrNO4-. The van der Waals surface area contributed by atoms with Gasteiger partial charge in [-0.15, -0.1) is 29.1 Å². The molecule has 3 aromatic heterocycles. The fourth-order valence-electron chi connectivity index (χ4n) is 6.83. The summed E-state index contributed by atoms with van der Waals surface area (Å²) in [6.07, 6.45) is 9.40. The number of carbonyl (C=O) groups is 1. The maximum absolute atomic E-state index is 12.2. The first kappa shape index (κ1) is 42.7. The average molecular weight is 905 g/mol. The number of benzene rings is 3. The first-order valence-electron chi connectivity index (χ1n) is 19.4. The van der Waals surface area contributed by atoms with Crippen LogP contribution in [0.1, 0.15) is 113 Å². The number of carbonyl (C=O) groups excluding carboxylic acids is 1. The molecule has 5 nitrogen and oxygen atoms in total. The van der Waals surface area contributed by atoms with Crippen molar-refractivity contribution in [1.29, 1.82) is 0 Å². The van der Waals surface area contributed by atoms with Gasteiger partial charge in [-0.3, -0.25) is 9.78 Å². The molecule has 3 aromatic carbocycles. The van der Waals surface area contributed by atoms with Crippen molar-refractivity contribution >= 4 is 38.5 Å². The number of pyridine rings is 1. The minimum absolute atomic E-state index is 0. The van der Waals surface area contributed by atoms with Crippen molar-refractivity contribution in [2.45, 2.75) is 114 Å². The molecule has 0 aliphatic carbocycles. The second-order valence-corrected chi connectivity index (χ2v) is 16.6. The fraction of sp³-hybridized carbons (Fsp3) is 0.417. The van der Waals surface area contributed by atoms with Crippen LogP contribution < -0.4 is 0 Å². The SMILES string of the molecule is CC(C)Cc1ccc2c(-c3cc4c(-c5[c-]c6ccccc6c(C(C)(C)C)c5)nccc4o3)coc2c1.CCC(C)(CC)C(=O)/C=C(\O)C(C)(CC)CC.[Ir]. The van der Waals surface area contributed by atoms with Crippen LogP contribution in [0.4, 0.5) is 0 Å². The summed E-state index contributed by atoms with van der Waals surface area (Å²) in [6, 6.07) is 24.8. The monoisotopic (exact) mass is 905 g/mol. The number of ketones is 1. The average Bonchev–Trinajstić information content (AvgIpc) is 3.77. The molecule has 3 heterocycles. The van der Waals surface area contributed by atoms with Gasteiger partial charge in [0.15, 0.2) is 5.78 Å². The zero-order valence-electron chi connectivity index (χ0n) is 34.1.